The van der Waals surface area contributed by atoms with E-state index in [1.54, 1.807) is 0 Å². The predicted octanol–water partition coefficient (Wildman–Crippen LogP) is 5.08. The van der Waals surface area contributed by atoms with E-state index in [1.807, 2.05) is 0 Å². The molecule has 0 bridgehead atoms. The maximum atomic E-state index is 14.7. The summed E-state index contributed by atoms with van der Waals surface area (Å²) in [6.07, 6.45) is -1.07. The largest absolute Gasteiger partial charge is 0.435 e. The Kier molecular flexibility index (Phi) is 6.64. The van der Waals surface area contributed by atoms with Crippen LogP contribution in [0.15, 0.2) is 35.2 Å². The van der Waals surface area contributed by atoms with Gasteiger partial charge in [0.25, 0.3) is 17.7 Å². The standard InChI is InChI=1S/C22H20F4N6O3S/c1-11-17(19(33)28-13-7-4-8-14(9-13)36(2,27)34)21(32-30-18(11)22(24,25)26)35-20-15(23)10-16(29-31-20)12-5-3-6-12/h4,7-10,12,27H,3,5-6H2,1-2H3,(H,28,33). The van der Waals surface area contributed by atoms with Gasteiger partial charge in [-0.05, 0) is 43.5 Å². The number of carbonyl (C=O) groups excluding carboxylic acids is 1. The minimum absolute atomic E-state index is 0.0610. The van der Waals surface area contributed by atoms with Gasteiger partial charge in [0.15, 0.2) is 11.5 Å². The lowest BCUT2D eigenvalue weighted by Crippen LogP contribution is -2.21. The van der Waals surface area contributed by atoms with E-state index in [1.165, 1.54) is 30.5 Å². The average Bonchev–Trinajstić information content (AvgIpc) is 2.73. The fourth-order valence-corrected chi connectivity index (χ4v) is 4.24. The van der Waals surface area contributed by atoms with Gasteiger partial charge in [0.2, 0.25) is 0 Å². The lowest BCUT2D eigenvalue weighted by atomic mass is 9.83. The molecule has 1 fully saturated rings. The van der Waals surface area contributed by atoms with Gasteiger partial charge in [0, 0.05) is 28.8 Å². The van der Waals surface area contributed by atoms with Crippen LogP contribution in [0.1, 0.15) is 52.5 Å². The van der Waals surface area contributed by atoms with Crippen LogP contribution in [0, 0.1) is 17.5 Å². The highest BCUT2D eigenvalue weighted by Gasteiger charge is 2.38. The Morgan fingerprint density at radius 3 is 2.42 bits per heavy atom. The Bertz CT molecular complexity index is 1440. The maximum absolute atomic E-state index is 14.7. The van der Waals surface area contributed by atoms with Crippen LogP contribution < -0.4 is 10.1 Å². The Morgan fingerprint density at radius 1 is 1.14 bits per heavy atom. The summed E-state index contributed by atoms with van der Waals surface area (Å²) in [5, 5.41) is 16.5. The van der Waals surface area contributed by atoms with Crippen molar-refractivity contribution >= 4 is 21.3 Å². The van der Waals surface area contributed by atoms with Crippen LogP contribution in [0.5, 0.6) is 11.8 Å². The van der Waals surface area contributed by atoms with Crippen LogP contribution in [0.4, 0.5) is 23.2 Å². The SMILES string of the molecule is Cc1c(C(F)(F)F)nnc(Oc2nnc(C3CCC3)cc2F)c1C(=O)Nc1cccc(S(C)(=N)=O)c1. The van der Waals surface area contributed by atoms with Gasteiger partial charge in [0.05, 0.1) is 15.4 Å². The number of rotatable bonds is 6. The minimum atomic E-state index is -4.93. The third-order valence-electron chi connectivity index (χ3n) is 5.67. The summed E-state index contributed by atoms with van der Waals surface area (Å²) in [6, 6.07) is 6.62. The molecular formula is C22H20F4N6O3S. The number of nitrogens with zero attached hydrogens (tertiary/aromatic N) is 4. The lowest BCUT2D eigenvalue weighted by Gasteiger charge is -2.24. The number of ether oxygens (including phenoxy) is 1. The van der Waals surface area contributed by atoms with Crippen LogP contribution in [-0.2, 0) is 15.9 Å². The molecule has 1 unspecified atom stereocenters. The van der Waals surface area contributed by atoms with Crippen molar-refractivity contribution in [3.8, 4) is 11.8 Å². The molecule has 14 heteroatoms. The molecule has 9 nitrogen and oxygen atoms in total. The molecule has 1 aliphatic carbocycles. The first-order valence-corrected chi connectivity index (χ1v) is 12.6. The van der Waals surface area contributed by atoms with Crippen LogP contribution in [0.2, 0.25) is 0 Å². The first-order valence-electron chi connectivity index (χ1n) is 10.6. The normalized spacial score (nSPS) is 15.6. The van der Waals surface area contributed by atoms with Crippen molar-refractivity contribution < 1.29 is 31.3 Å². The molecule has 1 aromatic carbocycles. The van der Waals surface area contributed by atoms with Gasteiger partial charge in [-0.15, -0.1) is 15.3 Å². The van der Waals surface area contributed by atoms with Gasteiger partial charge in [-0.2, -0.15) is 18.3 Å². The van der Waals surface area contributed by atoms with E-state index < -0.39 is 56.2 Å². The zero-order valence-corrected chi connectivity index (χ0v) is 19.8. The highest BCUT2D eigenvalue weighted by atomic mass is 32.2. The molecule has 1 atom stereocenters. The molecule has 190 valence electrons. The van der Waals surface area contributed by atoms with E-state index in [0.717, 1.165) is 32.3 Å². The van der Waals surface area contributed by atoms with E-state index >= 15 is 0 Å². The van der Waals surface area contributed by atoms with Crippen LogP contribution >= 0.6 is 0 Å². The Morgan fingerprint density at radius 2 is 1.83 bits per heavy atom. The highest BCUT2D eigenvalue weighted by Crippen LogP contribution is 2.37. The molecule has 0 spiro atoms. The second kappa shape index (κ2) is 9.41. The summed E-state index contributed by atoms with van der Waals surface area (Å²) in [6.45, 7) is 1.00. The molecule has 2 N–H and O–H groups in total. The first kappa shape index (κ1) is 25.4. The molecule has 1 amide bonds. The number of halogens is 4. The Balaban J connectivity index is 1.72. The number of amides is 1. The van der Waals surface area contributed by atoms with E-state index in [2.05, 4.69) is 25.7 Å². The molecule has 4 rings (SSSR count). The van der Waals surface area contributed by atoms with Crippen molar-refractivity contribution in [2.24, 2.45) is 0 Å². The molecular weight excluding hydrogens is 504 g/mol. The number of nitrogens with one attached hydrogen (secondary N) is 2. The molecule has 1 saturated carbocycles. The second-order valence-electron chi connectivity index (χ2n) is 8.33. The Hall–Kier alpha value is -3.68. The smallest absolute Gasteiger partial charge is 0.414 e. The average molecular weight is 525 g/mol. The summed E-state index contributed by atoms with van der Waals surface area (Å²) in [5.74, 6) is -3.31. The van der Waals surface area contributed by atoms with Crippen molar-refractivity contribution in [2.45, 2.75) is 43.2 Å². The molecule has 2 aromatic heterocycles. The van der Waals surface area contributed by atoms with Crippen molar-refractivity contribution in [3.05, 3.63) is 58.7 Å². The molecule has 1 aliphatic rings. The third-order valence-corrected chi connectivity index (χ3v) is 6.83. The van der Waals surface area contributed by atoms with Gasteiger partial charge in [-0.1, -0.05) is 12.5 Å². The summed E-state index contributed by atoms with van der Waals surface area (Å²) < 4.78 is 80.1. The van der Waals surface area contributed by atoms with Crippen molar-refractivity contribution in [2.75, 3.05) is 11.6 Å². The van der Waals surface area contributed by atoms with Crippen LogP contribution in [-0.4, -0.2) is 36.8 Å². The summed E-state index contributed by atoms with van der Waals surface area (Å²) in [4.78, 5) is 13.2. The fourth-order valence-electron chi connectivity index (χ4n) is 3.55. The fraction of sp³-hybridized carbons (Fsp3) is 0.318. The third kappa shape index (κ3) is 5.27. The Labute approximate surface area is 203 Å². The van der Waals surface area contributed by atoms with E-state index in [-0.39, 0.29) is 16.5 Å². The number of hydrogen-bond donors (Lipinski definition) is 2. The number of benzene rings is 1. The summed E-state index contributed by atoms with van der Waals surface area (Å²) >= 11 is 0. The molecule has 36 heavy (non-hydrogen) atoms. The number of anilines is 1. The zero-order chi connectivity index (χ0) is 26.3. The molecule has 0 aliphatic heterocycles. The topological polar surface area (TPSA) is 131 Å². The lowest BCUT2D eigenvalue weighted by molar-refractivity contribution is -0.142. The van der Waals surface area contributed by atoms with Gasteiger partial charge in [-0.3, -0.25) is 4.79 Å². The van der Waals surface area contributed by atoms with Crippen molar-refractivity contribution in [1.29, 1.82) is 4.78 Å². The maximum Gasteiger partial charge on any atom is 0.435 e. The molecule has 3 aromatic rings. The highest BCUT2D eigenvalue weighted by molar-refractivity contribution is 7.91. The van der Waals surface area contributed by atoms with E-state index in [9.17, 15) is 26.6 Å². The van der Waals surface area contributed by atoms with Crippen molar-refractivity contribution in [1.82, 2.24) is 20.4 Å². The van der Waals surface area contributed by atoms with Gasteiger partial charge in [0.1, 0.15) is 5.56 Å². The van der Waals surface area contributed by atoms with E-state index in [4.69, 9.17) is 9.52 Å². The second-order valence-corrected chi connectivity index (χ2v) is 10.5. The molecule has 0 radical (unpaired) electrons. The first-order chi connectivity index (χ1) is 16.8. The van der Waals surface area contributed by atoms with E-state index in [0.29, 0.717) is 5.69 Å². The minimum Gasteiger partial charge on any atom is -0.414 e. The number of aromatic nitrogens is 4. The van der Waals surface area contributed by atoms with Crippen LogP contribution in [0.25, 0.3) is 0 Å². The van der Waals surface area contributed by atoms with Crippen LogP contribution in [0.3, 0.4) is 0 Å². The molecule has 2 heterocycles. The monoisotopic (exact) mass is 524 g/mol. The quantitative estimate of drug-likeness (QED) is 0.430. The van der Waals surface area contributed by atoms with Gasteiger partial charge < -0.3 is 10.1 Å². The van der Waals surface area contributed by atoms with Gasteiger partial charge >= 0.3 is 6.18 Å². The van der Waals surface area contributed by atoms with Crippen molar-refractivity contribution in [3.63, 3.8) is 0 Å². The zero-order valence-electron chi connectivity index (χ0n) is 19.0. The number of carbonyl (C=O) groups is 1. The molecule has 0 saturated heterocycles. The number of hydrogen-bond acceptors (Lipinski definition) is 8. The summed E-state index contributed by atoms with van der Waals surface area (Å²) in [5.41, 5.74) is -2.20. The predicted molar refractivity (Wildman–Crippen MR) is 120 cm³/mol. The summed E-state index contributed by atoms with van der Waals surface area (Å²) in [7, 11) is -3.13. The van der Waals surface area contributed by atoms with Gasteiger partial charge in [-0.25, -0.2) is 13.4 Å². The number of alkyl halides is 3.